The maximum atomic E-state index is 5.46. The Labute approximate surface area is 119 Å². The molecule has 1 atom stereocenters. The molecule has 0 saturated heterocycles. The molecule has 0 saturated carbocycles. The molecule has 0 spiro atoms. The highest BCUT2D eigenvalue weighted by molar-refractivity contribution is 9.10. The van der Waals surface area contributed by atoms with E-state index in [-0.39, 0.29) is 5.41 Å². The van der Waals surface area contributed by atoms with E-state index >= 15 is 0 Å². The van der Waals surface area contributed by atoms with Crippen LogP contribution in [0.15, 0.2) is 22.7 Å². The van der Waals surface area contributed by atoms with Crippen LogP contribution in [0.2, 0.25) is 0 Å². The minimum absolute atomic E-state index is 0.225. The third kappa shape index (κ3) is 3.72. The van der Waals surface area contributed by atoms with Gasteiger partial charge in [0.25, 0.3) is 0 Å². The summed E-state index contributed by atoms with van der Waals surface area (Å²) in [7, 11) is 3.75. The molecule has 0 bridgehead atoms. The molecule has 0 heterocycles. The molecular formula is C15H24BrNO. The molecule has 0 aromatic heterocycles. The number of halogens is 1. The quantitative estimate of drug-likeness (QED) is 0.860. The lowest BCUT2D eigenvalue weighted by Crippen LogP contribution is -2.36. The van der Waals surface area contributed by atoms with Crippen LogP contribution >= 0.6 is 15.9 Å². The molecule has 1 rings (SSSR count). The summed E-state index contributed by atoms with van der Waals surface area (Å²) in [5.41, 5.74) is 1.49. The molecule has 1 aromatic rings. The summed E-state index contributed by atoms with van der Waals surface area (Å²) in [6.45, 7) is 7.89. The van der Waals surface area contributed by atoms with Crippen LogP contribution in [-0.2, 0) is 6.42 Å². The average molecular weight is 314 g/mol. The Bertz CT molecular complexity index is 392. The van der Waals surface area contributed by atoms with Crippen LogP contribution in [0.5, 0.6) is 5.75 Å². The summed E-state index contributed by atoms with van der Waals surface area (Å²) in [5, 5.41) is 3.31. The van der Waals surface area contributed by atoms with Crippen LogP contribution in [-0.4, -0.2) is 20.7 Å². The Morgan fingerprint density at radius 3 is 2.56 bits per heavy atom. The highest BCUT2D eigenvalue weighted by atomic mass is 79.9. The van der Waals surface area contributed by atoms with Gasteiger partial charge in [0.15, 0.2) is 0 Å². The Balaban J connectivity index is 3.03. The van der Waals surface area contributed by atoms with Gasteiger partial charge in [-0.2, -0.15) is 0 Å². The van der Waals surface area contributed by atoms with Crippen LogP contribution in [0.25, 0.3) is 0 Å². The van der Waals surface area contributed by atoms with Crippen LogP contribution in [0.4, 0.5) is 0 Å². The van der Waals surface area contributed by atoms with Gasteiger partial charge in [0.05, 0.1) is 7.11 Å². The van der Waals surface area contributed by atoms with Crippen LogP contribution in [0, 0.1) is 11.3 Å². The molecule has 2 nitrogen and oxygen atoms in total. The predicted molar refractivity (Wildman–Crippen MR) is 81.3 cm³/mol. The van der Waals surface area contributed by atoms with Crippen molar-refractivity contribution < 1.29 is 4.74 Å². The molecule has 0 aliphatic carbocycles. The van der Waals surface area contributed by atoms with Crippen molar-refractivity contribution in [2.75, 3.05) is 20.7 Å². The standard InChI is InChI=1S/C15H24BrNO/c1-11(2)15(3,10-17-4)9-12-8-13(16)6-7-14(12)18-5/h6-8,11,17H,9-10H2,1-5H3. The summed E-state index contributed by atoms with van der Waals surface area (Å²) < 4.78 is 6.57. The van der Waals surface area contributed by atoms with E-state index in [1.807, 2.05) is 19.2 Å². The van der Waals surface area contributed by atoms with Gasteiger partial charge in [-0.05, 0) is 48.6 Å². The van der Waals surface area contributed by atoms with Gasteiger partial charge in [-0.3, -0.25) is 0 Å². The Morgan fingerprint density at radius 1 is 1.39 bits per heavy atom. The maximum Gasteiger partial charge on any atom is 0.122 e. The molecule has 0 aliphatic heterocycles. The summed E-state index contributed by atoms with van der Waals surface area (Å²) >= 11 is 3.54. The zero-order valence-electron chi connectivity index (χ0n) is 12.0. The Morgan fingerprint density at radius 2 is 2.06 bits per heavy atom. The lowest BCUT2D eigenvalue weighted by atomic mass is 9.74. The van der Waals surface area contributed by atoms with Gasteiger partial charge in [0.1, 0.15) is 5.75 Å². The zero-order valence-corrected chi connectivity index (χ0v) is 13.6. The van der Waals surface area contributed by atoms with Crippen molar-refractivity contribution in [2.24, 2.45) is 11.3 Å². The van der Waals surface area contributed by atoms with Gasteiger partial charge >= 0.3 is 0 Å². The van der Waals surface area contributed by atoms with Crippen molar-refractivity contribution in [3.63, 3.8) is 0 Å². The van der Waals surface area contributed by atoms with Crippen LogP contribution in [0.1, 0.15) is 26.3 Å². The minimum Gasteiger partial charge on any atom is -0.496 e. The van der Waals surface area contributed by atoms with E-state index in [1.165, 1.54) is 5.56 Å². The van der Waals surface area contributed by atoms with Crippen molar-refractivity contribution in [1.29, 1.82) is 0 Å². The summed E-state index contributed by atoms with van der Waals surface area (Å²) in [6, 6.07) is 6.21. The van der Waals surface area contributed by atoms with E-state index in [2.05, 4.69) is 48.1 Å². The number of ether oxygens (including phenoxy) is 1. The number of hydrogen-bond acceptors (Lipinski definition) is 2. The highest BCUT2D eigenvalue weighted by Gasteiger charge is 2.29. The predicted octanol–water partition coefficient (Wildman–Crippen LogP) is 3.88. The van der Waals surface area contributed by atoms with Gasteiger partial charge < -0.3 is 10.1 Å². The van der Waals surface area contributed by atoms with Gasteiger partial charge in [-0.15, -0.1) is 0 Å². The lowest BCUT2D eigenvalue weighted by Gasteiger charge is -2.34. The fourth-order valence-electron chi connectivity index (χ4n) is 2.19. The van der Waals surface area contributed by atoms with E-state index in [0.29, 0.717) is 5.92 Å². The smallest absolute Gasteiger partial charge is 0.122 e. The number of methoxy groups -OCH3 is 1. The van der Waals surface area contributed by atoms with E-state index in [1.54, 1.807) is 7.11 Å². The fraction of sp³-hybridized carbons (Fsp3) is 0.600. The van der Waals surface area contributed by atoms with Crippen molar-refractivity contribution in [3.05, 3.63) is 28.2 Å². The topological polar surface area (TPSA) is 21.3 Å². The molecule has 18 heavy (non-hydrogen) atoms. The van der Waals surface area contributed by atoms with Gasteiger partial charge in [0, 0.05) is 11.0 Å². The maximum absolute atomic E-state index is 5.46. The summed E-state index contributed by atoms with van der Waals surface area (Å²) in [6.07, 6.45) is 1.01. The molecule has 0 amide bonds. The van der Waals surface area contributed by atoms with Crippen molar-refractivity contribution in [3.8, 4) is 5.75 Å². The molecule has 3 heteroatoms. The minimum atomic E-state index is 0.225. The second-order valence-electron chi connectivity index (χ2n) is 5.47. The second kappa shape index (κ2) is 6.58. The molecule has 0 aliphatic rings. The first-order chi connectivity index (χ1) is 8.42. The molecule has 1 aromatic carbocycles. The number of hydrogen-bond donors (Lipinski definition) is 1. The monoisotopic (exact) mass is 313 g/mol. The fourth-order valence-corrected chi connectivity index (χ4v) is 2.60. The first kappa shape index (κ1) is 15.5. The largest absolute Gasteiger partial charge is 0.496 e. The first-order valence-corrected chi connectivity index (χ1v) is 7.19. The van der Waals surface area contributed by atoms with Crippen molar-refractivity contribution in [1.82, 2.24) is 5.32 Å². The van der Waals surface area contributed by atoms with Crippen LogP contribution < -0.4 is 10.1 Å². The molecule has 0 radical (unpaired) electrons. The van der Waals surface area contributed by atoms with E-state index < -0.39 is 0 Å². The van der Waals surface area contributed by atoms with E-state index in [4.69, 9.17) is 4.74 Å². The summed E-state index contributed by atoms with van der Waals surface area (Å²) in [4.78, 5) is 0. The average Bonchev–Trinajstić information content (AvgIpc) is 2.29. The van der Waals surface area contributed by atoms with Crippen molar-refractivity contribution >= 4 is 15.9 Å². The van der Waals surface area contributed by atoms with E-state index in [0.717, 1.165) is 23.2 Å². The third-order valence-electron chi connectivity index (χ3n) is 3.81. The van der Waals surface area contributed by atoms with Gasteiger partial charge in [0.2, 0.25) is 0 Å². The van der Waals surface area contributed by atoms with Gasteiger partial charge in [-0.1, -0.05) is 36.7 Å². The SMILES string of the molecule is CNCC(C)(Cc1cc(Br)ccc1OC)C(C)C. The third-order valence-corrected chi connectivity index (χ3v) is 4.30. The normalized spacial score (nSPS) is 14.6. The number of nitrogens with one attached hydrogen (secondary N) is 1. The van der Waals surface area contributed by atoms with Crippen molar-refractivity contribution in [2.45, 2.75) is 27.2 Å². The molecule has 102 valence electrons. The Kier molecular flexibility index (Phi) is 5.67. The summed E-state index contributed by atoms with van der Waals surface area (Å²) in [5.74, 6) is 1.58. The van der Waals surface area contributed by atoms with Gasteiger partial charge in [-0.25, -0.2) is 0 Å². The molecule has 0 fully saturated rings. The number of benzene rings is 1. The zero-order chi connectivity index (χ0) is 13.8. The molecular weight excluding hydrogens is 290 g/mol. The first-order valence-electron chi connectivity index (χ1n) is 6.40. The Hall–Kier alpha value is -0.540. The van der Waals surface area contributed by atoms with Crippen LogP contribution in [0.3, 0.4) is 0 Å². The second-order valence-corrected chi connectivity index (χ2v) is 6.39. The lowest BCUT2D eigenvalue weighted by molar-refractivity contribution is 0.210. The van der Waals surface area contributed by atoms with E-state index in [9.17, 15) is 0 Å². The number of rotatable bonds is 6. The molecule has 1 unspecified atom stereocenters. The molecule has 1 N–H and O–H groups in total. The highest BCUT2D eigenvalue weighted by Crippen LogP contribution is 2.35.